The molecule has 2 atom stereocenters. The SMILES string of the molecule is CC.[C-]#[N+]c1cc(-c2nc(-c3cccc4c3CC[C@H]4O)no2)ccc1OC(C)C.[C-]#[N+]c1cc(-c2nc(-c3cccc4c3CC[C@H]4OC(C)=O)no2)ccc1OC(C)C. The fraction of sp³-hybridized carbons (Fsp3) is 0.326. The molecular formula is C46H46N6O7. The van der Waals surface area contributed by atoms with E-state index in [-0.39, 0.29) is 24.3 Å². The van der Waals surface area contributed by atoms with E-state index < -0.39 is 6.10 Å². The van der Waals surface area contributed by atoms with Crippen LogP contribution in [0.15, 0.2) is 81.8 Å². The van der Waals surface area contributed by atoms with Gasteiger partial charge in [0, 0.05) is 29.2 Å². The number of fused-ring (bicyclic) bond motifs is 2. The average molecular weight is 795 g/mol. The highest BCUT2D eigenvalue weighted by Gasteiger charge is 2.29. The van der Waals surface area contributed by atoms with Crippen LogP contribution in [0.5, 0.6) is 11.5 Å². The fourth-order valence-electron chi connectivity index (χ4n) is 7.07. The van der Waals surface area contributed by atoms with Gasteiger partial charge in [-0.3, -0.25) is 4.79 Å². The van der Waals surface area contributed by atoms with E-state index >= 15 is 0 Å². The first kappa shape index (κ1) is 41.8. The maximum atomic E-state index is 11.4. The lowest BCUT2D eigenvalue weighted by Gasteiger charge is -2.12. The summed E-state index contributed by atoms with van der Waals surface area (Å²) in [6, 6.07) is 22.1. The zero-order chi connectivity index (χ0) is 42.2. The van der Waals surface area contributed by atoms with Gasteiger partial charge >= 0.3 is 5.97 Å². The zero-order valence-corrected chi connectivity index (χ0v) is 34.1. The second kappa shape index (κ2) is 18.6. The minimum atomic E-state index is -0.430. The second-order valence-corrected chi connectivity index (χ2v) is 14.2. The Morgan fingerprint density at radius 3 is 1.68 bits per heavy atom. The van der Waals surface area contributed by atoms with Crippen molar-refractivity contribution in [2.24, 2.45) is 0 Å². The summed E-state index contributed by atoms with van der Waals surface area (Å²) in [7, 11) is 0. The van der Waals surface area contributed by atoms with Gasteiger partial charge in [-0.25, -0.2) is 9.69 Å². The van der Waals surface area contributed by atoms with Crippen LogP contribution < -0.4 is 9.47 Å². The van der Waals surface area contributed by atoms with E-state index in [1.54, 1.807) is 30.3 Å². The normalized spacial score (nSPS) is 14.8. The van der Waals surface area contributed by atoms with Gasteiger partial charge in [-0.15, -0.1) is 0 Å². The van der Waals surface area contributed by atoms with Crippen LogP contribution in [0.3, 0.4) is 0 Å². The van der Waals surface area contributed by atoms with Gasteiger partial charge in [0.15, 0.2) is 0 Å². The number of carbonyl (C=O) groups is 1. The van der Waals surface area contributed by atoms with Gasteiger partial charge in [0.2, 0.25) is 23.0 Å². The fourth-order valence-corrected chi connectivity index (χ4v) is 7.07. The van der Waals surface area contributed by atoms with Crippen LogP contribution in [-0.4, -0.2) is 43.6 Å². The van der Waals surface area contributed by atoms with Crippen molar-refractivity contribution in [3.05, 3.63) is 118 Å². The minimum Gasteiger partial charge on any atom is -0.502 e. The number of rotatable bonds is 9. The number of nitrogens with zero attached hydrogens (tertiary/aromatic N) is 6. The van der Waals surface area contributed by atoms with Crippen LogP contribution in [0.1, 0.15) is 95.8 Å². The first-order valence-electron chi connectivity index (χ1n) is 19.7. The number of benzene rings is 4. The van der Waals surface area contributed by atoms with Gasteiger partial charge in [0.25, 0.3) is 11.8 Å². The Balaban J connectivity index is 0.000000191. The van der Waals surface area contributed by atoms with E-state index in [9.17, 15) is 9.90 Å². The molecule has 2 aromatic heterocycles. The summed E-state index contributed by atoms with van der Waals surface area (Å²) in [5.41, 5.74) is 7.93. The number of aromatic nitrogens is 4. The molecule has 0 spiro atoms. The molecule has 2 aliphatic rings. The highest BCUT2D eigenvalue weighted by molar-refractivity contribution is 5.72. The first-order chi connectivity index (χ1) is 28.5. The molecule has 0 radical (unpaired) electrons. The summed E-state index contributed by atoms with van der Waals surface area (Å²) < 4.78 is 27.7. The van der Waals surface area contributed by atoms with Gasteiger partial charge < -0.3 is 28.4 Å². The third-order valence-corrected chi connectivity index (χ3v) is 9.47. The third kappa shape index (κ3) is 9.33. The molecule has 13 nitrogen and oxygen atoms in total. The predicted octanol–water partition coefficient (Wildman–Crippen LogP) is 11.0. The highest BCUT2D eigenvalue weighted by Crippen LogP contribution is 2.41. The van der Waals surface area contributed by atoms with Crippen molar-refractivity contribution in [1.29, 1.82) is 0 Å². The first-order valence-corrected chi connectivity index (χ1v) is 19.7. The largest absolute Gasteiger partial charge is 0.502 e. The van der Waals surface area contributed by atoms with Crippen molar-refractivity contribution >= 4 is 17.3 Å². The predicted molar refractivity (Wildman–Crippen MR) is 222 cm³/mol. The van der Waals surface area contributed by atoms with Crippen LogP contribution >= 0.6 is 0 Å². The van der Waals surface area contributed by atoms with E-state index in [2.05, 4.69) is 30.0 Å². The molecule has 2 heterocycles. The molecular weight excluding hydrogens is 749 g/mol. The summed E-state index contributed by atoms with van der Waals surface area (Å²) in [4.78, 5) is 27.5. The molecule has 302 valence electrons. The molecule has 0 fully saturated rings. The number of ether oxygens (including phenoxy) is 3. The molecule has 6 aromatic rings. The molecule has 1 N–H and O–H groups in total. The maximum Gasteiger partial charge on any atom is 0.303 e. The van der Waals surface area contributed by atoms with E-state index in [0.29, 0.717) is 63.9 Å². The lowest BCUT2D eigenvalue weighted by Crippen LogP contribution is -2.05. The third-order valence-electron chi connectivity index (χ3n) is 9.47. The number of hydrogen-bond donors (Lipinski definition) is 1. The molecule has 0 saturated heterocycles. The van der Waals surface area contributed by atoms with Crippen molar-refractivity contribution in [3.63, 3.8) is 0 Å². The molecule has 4 aromatic carbocycles. The Morgan fingerprint density at radius 1 is 0.729 bits per heavy atom. The quantitative estimate of drug-likeness (QED) is 0.110. The molecule has 0 aliphatic heterocycles. The van der Waals surface area contributed by atoms with E-state index in [1.165, 1.54) is 6.92 Å². The smallest absolute Gasteiger partial charge is 0.303 e. The van der Waals surface area contributed by atoms with Crippen molar-refractivity contribution in [2.45, 2.75) is 98.6 Å². The van der Waals surface area contributed by atoms with Gasteiger partial charge in [-0.2, -0.15) is 9.97 Å². The number of hydrogen-bond acceptors (Lipinski definition) is 11. The zero-order valence-electron chi connectivity index (χ0n) is 34.1. The highest BCUT2D eigenvalue weighted by atomic mass is 16.5. The molecule has 0 saturated carbocycles. The van der Waals surface area contributed by atoms with E-state index in [1.807, 2.05) is 84.0 Å². The van der Waals surface area contributed by atoms with Crippen LogP contribution in [0, 0.1) is 13.1 Å². The lowest BCUT2D eigenvalue weighted by molar-refractivity contribution is -0.146. The van der Waals surface area contributed by atoms with Gasteiger partial charge in [0.05, 0.1) is 31.5 Å². The molecule has 2 aliphatic carbocycles. The topological polar surface area (TPSA) is 152 Å². The van der Waals surface area contributed by atoms with Gasteiger partial charge in [-0.1, -0.05) is 60.6 Å². The maximum absolute atomic E-state index is 11.4. The summed E-state index contributed by atoms with van der Waals surface area (Å²) >= 11 is 0. The monoisotopic (exact) mass is 794 g/mol. The van der Waals surface area contributed by atoms with Gasteiger partial charge in [0.1, 0.15) is 17.6 Å². The van der Waals surface area contributed by atoms with Crippen LogP contribution in [-0.2, 0) is 22.4 Å². The van der Waals surface area contributed by atoms with Crippen LogP contribution in [0.4, 0.5) is 11.4 Å². The molecule has 59 heavy (non-hydrogen) atoms. The molecule has 8 rings (SSSR count). The van der Waals surface area contributed by atoms with Crippen molar-refractivity contribution < 1.29 is 33.2 Å². The van der Waals surface area contributed by atoms with E-state index in [0.717, 1.165) is 52.6 Å². The Bertz CT molecular complexity index is 2530. The Kier molecular flexibility index (Phi) is 13.2. The number of esters is 1. The Hall–Kier alpha value is -6.83. The molecule has 0 unspecified atom stereocenters. The van der Waals surface area contributed by atoms with Crippen molar-refractivity contribution in [2.75, 3.05) is 0 Å². The average Bonchev–Trinajstić information content (AvgIpc) is 4.07. The molecule has 0 amide bonds. The lowest BCUT2D eigenvalue weighted by atomic mass is 10.0. The van der Waals surface area contributed by atoms with E-state index in [4.69, 9.17) is 36.4 Å². The number of aliphatic hydroxyl groups excluding tert-OH is 1. The summed E-state index contributed by atoms with van der Waals surface area (Å²) in [5, 5.41) is 18.3. The molecule has 13 heteroatoms. The number of carbonyl (C=O) groups excluding carboxylic acids is 1. The summed E-state index contributed by atoms with van der Waals surface area (Å²) in [5.74, 6) is 2.42. The van der Waals surface area contributed by atoms with Crippen LogP contribution in [0.2, 0.25) is 0 Å². The summed E-state index contributed by atoms with van der Waals surface area (Å²) in [6.45, 7) is 27.9. The minimum absolute atomic E-state index is 0.0121. The van der Waals surface area contributed by atoms with Crippen molar-refractivity contribution in [1.82, 2.24) is 20.3 Å². The molecule has 0 bridgehead atoms. The second-order valence-electron chi connectivity index (χ2n) is 14.2. The van der Waals surface area contributed by atoms with Crippen molar-refractivity contribution in [3.8, 4) is 57.2 Å². The summed E-state index contributed by atoms with van der Waals surface area (Å²) in [6.07, 6.45) is 2.31. The van der Waals surface area contributed by atoms with Crippen LogP contribution in [0.25, 0.3) is 55.4 Å². The van der Waals surface area contributed by atoms with Gasteiger partial charge in [-0.05, 0) is 112 Å². The Morgan fingerprint density at radius 2 is 1.20 bits per heavy atom. The standard InChI is InChI=1S/C23H21N3O4.C21H19N3O3.C2H6/c1-13(2)28-21-10-8-15(12-19(21)24-4)23-25-22(26-30-23)18-7-5-6-17-16(18)9-11-20(17)29-14(3)27;1-12(2)26-19-10-7-13(11-17(19)22-3)21-23-20(24-27-21)16-6-4-5-15-14(16)8-9-18(15)25;1-2/h5-8,10,12-13,20H,9,11H2,1-3H3;4-7,10-12,18,25H,8-9H2,1-2H3;1-2H3/t20-;18-;/m11./s1. The number of aliphatic hydroxyl groups is 1. The Labute approximate surface area is 343 Å².